The Balaban J connectivity index is 2.30. The lowest BCUT2D eigenvalue weighted by Crippen LogP contribution is -2.33. The molecular formula is C12H17FN2O2. The van der Waals surface area contributed by atoms with E-state index in [9.17, 15) is 14.3 Å². The Labute approximate surface area is 99.8 Å². The van der Waals surface area contributed by atoms with E-state index in [4.69, 9.17) is 0 Å². The summed E-state index contributed by atoms with van der Waals surface area (Å²) in [5.74, 6) is -0.656. The first-order valence-corrected chi connectivity index (χ1v) is 5.56. The Morgan fingerprint density at radius 2 is 2.29 bits per heavy atom. The summed E-state index contributed by atoms with van der Waals surface area (Å²) in [7, 11) is 0. The first-order chi connectivity index (χ1) is 8.11. The summed E-state index contributed by atoms with van der Waals surface area (Å²) in [5.41, 5.74) is 0.424. The molecule has 17 heavy (non-hydrogen) atoms. The fourth-order valence-corrected chi connectivity index (χ4v) is 1.27. The van der Waals surface area contributed by atoms with Crippen molar-refractivity contribution in [2.75, 3.05) is 18.4 Å². The van der Waals surface area contributed by atoms with Crippen LogP contribution in [0.1, 0.15) is 13.3 Å². The van der Waals surface area contributed by atoms with Crippen LogP contribution in [0.3, 0.4) is 0 Å². The number of rotatable bonds is 6. The van der Waals surface area contributed by atoms with Gasteiger partial charge in [-0.05, 0) is 24.6 Å². The lowest BCUT2D eigenvalue weighted by Gasteiger charge is -2.09. The largest absolute Gasteiger partial charge is 0.392 e. The first kappa shape index (κ1) is 13.6. The lowest BCUT2D eigenvalue weighted by atomic mass is 10.3. The smallest absolute Gasteiger partial charge is 0.238 e. The van der Waals surface area contributed by atoms with Gasteiger partial charge in [-0.1, -0.05) is 13.0 Å². The molecule has 0 saturated carbocycles. The Morgan fingerprint density at radius 1 is 1.53 bits per heavy atom. The van der Waals surface area contributed by atoms with Gasteiger partial charge in [0.25, 0.3) is 0 Å². The summed E-state index contributed by atoms with van der Waals surface area (Å²) in [6.45, 7) is 2.32. The summed E-state index contributed by atoms with van der Waals surface area (Å²) in [6.07, 6.45) is 0.190. The normalized spacial score (nSPS) is 12.2. The SMILES string of the molecule is CCC(O)CNCC(=O)Nc1cccc(F)c1. The molecule has 1 atom stereocenters. The zero-order chi connectivity index (χ0) is 12.7. The zero-order valence-electron chi connectivity index (χ0n) is 9.74. The fourth-order valence-electron chi connectivity index (χ4n) is 1.27. The number of halogens is 1. The number of anilines is 1. The lowest BCUT2D eigenvalue weighted by molar-refractivity contribution is -0.115. The molecule has 0 aliphatic heterocycles. The van der Waals surface area contributed by atoms with Gasteiger partial charge in [-0.3, -0.25) is 4.79 Å². The van der Waals surface area contributed by atoms with E-state index in [1.807, 2.05) is 6.92 Å². The summed E-state index contributed by atoms with van der Waals surface area (Å²) in [4.78, 5) is 11.4. The number of nitrogens with one attached hydrogen (secondary N) is 2. The predicted molar refractivity (Wildman–Crippen MR) is 64.2 cm³/mol. The van der Waals surface area contributed by atoms with Crippen molar-refractivity contribution >= 4 is 11.6 Å². The first-order valence-electron chi connectivity index (χ1n) is 5.56. The van der Waals surface area contributed by atoms with E-state index < -0.39 is 11.9 Å². The molecule has 1 aromatic carbocycles. The average Bonchev–Trinajstić information content (AvgIpc) is 2.28. The van der Waals surface area contributed by atoms with Crippen LogP contribution in [0.25, 0.3) is 0 Å². The topological polar surface area (TPSA) is 61.4 Å². The average molecular weight is 240 g/mol. The summed E-state index contributed by atoms with van der Waals surface area (Å²) in [6, 6.07) is 5.70. The van der Waals surface area contributed by atoms with Crippen molar-refractivity contribution in [2.45, 2.75) is 19.4 Å². The maximum atomic E-state index is 12.8. The van der Waals surface area contributed by atoms with E-state index in [2.05, 4.69) is 10.6 Å². The predicted octanol–water partition coefficient (Wildman–Crippen LogP) is 1.12. The van der Waals surface area contributed by atoms with Gasteiger partial charge in [0.1, 0.15) is 5.82 Å². The quantitative estimate of drug-likeness (QED) is 0.698. The van der Waals surface area contributed by atoms with Crippen LogP contribution in [0.2, 0.25) is 0 Å². The molecule has 0 spiro atoms. The highest BCUT2D eigenvalue weighted by atomic mass is 19.1. The third kappa shape index (κ3) is 5.42. The van der Waals surface area contributed by atoms with Crippen molar-refractivity contribution in [1.29, 1.82) is 0 Å². The number of carbonyl (C=O) groups excluding carboxylic acids is 1. The van der Waals surface area contributed by atoms with Gasteiger partial charge in [-0.15, -0.1) is 0 Å². The maximum Gasteiger partial charge on any atom is 0.238 e. The third-order valence-corrected chi connectivity index (χ3v) is 2.25. The van der Waals surface area contributed by atoms with Crippen molar-refractivity contribution in [1.82, 2.24) is 5.32 Å². The summed E-state index contributed by atoms with van der Waals surface area (Å²) < 4.78 is 12.8. The Hall–Kier alpha value is -1.46. The van der Waals surface area contributed by atoms with Gasteiger partial charge in [0, 0.05) is 12.2 Å². The zero-order valence-corrected chi connectivity index (χ0v) is 9.74. The van der Waals surface area contributed by atoms with Crippen molar-refractivity contribution in [3.8, 4) is 0 Å². The molecule has 0 bridgehead atoms. The standard InChI is InChI=1S/C12H17FN2O2/c1-2-11(16)7-14-8-12(17)15-10-5-3-4-9(13)6-10/h3-6,11,14,16H,2,7-8H2,1H3,(H,15,17). The van der Waals surface area contributed by atoms with Crippen molar-refractivity contribution < 1.29 is 14.3 Å². The number of carbonyl (C=O) groups is 1. The molecule has 4 nitrogen and oxygen atoms in total. The van der Waals surface area contributed by atoms with E-state index in [-0.39, 0.29) is 12.5 Å². The van der Waals surface area contributed by atoms with E-state index in [0.717, 1.165) is 0 Å². The van der Waals surface area contributed by atoms with E-state index in [1.165, 1.54) is 18.2 Å². The number of amides is 1. The van der Waals surface area contributed by atoms with Gasteiger partial charge >= 0.3 is 0 Å². The van der Waals surface area contributed by atoms with Gasteiger partial charge in [0.2, 0.25) is 5.91 Å². The Morgan fingerprint density at radius 3 is 2.94 bits per heavy atom. The molecule has 1 amide bonds. The molecule has 0 aromatic heterocycles. The van der Waals surface area contributed by atoms with Crippen LogP contribution in [0.15, 0.2) is 24.3 Å². The van der Waals surface area contributed by atoms with Crippen molar-refractivity contribution in [2.24, 2.45) is 0 Å². The Bertz CT molecular complexity index is 371. The van der Waals surface area contributed by atoms with Crippen molar-refractivity contribution in [3.63, 3.8) is 0 Å². The van der Waals surface area contributed by atoms with Crippen LogP contribution in [-0.4, -0.2) is 30.2 Å². The second kappa shape index (κ2) is 6.98. The fraction of sp³-hybridized carbons (Fsp3) is 0.417. The van der Waals surface area contributed by atoms with Gasteiger partial charge in [-0.2, -0.15) is 0 Å². The number of aliphatic hydroxyl groups excluding tert-OH is 1. The maximum absolute atomic E-state index is 12.8. The highest BCUT2D eigenvalue weighted by Crippen LogP contribution is 2.08. The number of hydrogen-bond donors (Lipinski definition) is 3. The van der Waals surface area contributed by atoms with Crippen LogP contribution in [-0.2, 0) is 4.79 Å². The molecule has 1 unspecified atom stereocenters. The molecule has 0 saturated heterocycles. The number of aliphatic hydroxyl groups is 1. The third-order valence-electron chi connectivity index (χ3n) is 2.25. The minimum atomic E-state index is -0.447. The van der Waals surface area contributed by atoms with Crippen LogP contribution >= 0.6 is 0 Å². The molecule has 0 radical (unpaired) electrons. The number of hydrogen-bond acceptors (Lipinski definition) is 3. The summed E-state index contributed by atoms with van der Waals surface area (Å²) in [5, 5.41) is 14.6. The molecule has 1 rings (SSSR count). The van der Waals surface area contributed by atoms with E-state index >= 15 is 0 Å². The molecule has 5 heteroatoms. The monoisotopic (exact) mass is 240 g/mol. The van der Waals surface area contributed by atoms with Crippen LogP contribution < -0.4 is 10.6 Å². The highest BCUT2D eigenvalue weighted by Gasteiger charge is 2.04. The van der Waals surface area contributed by atoms with Gasteiger partial charge in [0.05, 0.1) is 12.6 Å². The minimum absolute atomic E-state index is 0.0908. The Kier molecular flexibility index (Phi) is 5.59. The molecule has 1 aromatic rings. The van der Waals surface area contributed by atoms with Crippen molar-refractivity contribution in [3.05, 3.63) is 30.1 Å². The summed E-state index contributed by atoms with van der Waals surface area (Å²) >= 11 is 0. The highest BCUT2D eigenvalue weighted by molar-refractivity contribution is 5.92. The van der Waals surface area contributed by atoms with E-state index in [1.54, 1.807) is 6.07 Å². The van der Waals surface area contributed by atoms with Gasteiger partial charge in [-0.25, -0.2) is 4.39 Å². The van der Waals surface area contributed by atoms with Crippen LogP contribution in [0.4, 0.5) is 10.1 Å². The molecule has 94 valence electrons. The minimum Gasteiger partial charge on any atom is -0.392 e. The van der Waals surface area contributed by atoms with Crippen LogP contribution in [0.5, 0.6) is 0 Å². The molecule has 0 heterocycles. The molecule has 3 N–H and O–H groups in total. The van der Waals surface area contributed by atoms with E-state index in [0.29, 0.717) is 18.7 Å². The molecule has 0 aliphatic carbocycles. The van der Waals surface area contributed by atoms with Gasteiger partial charge in [0.15, 0.2) is 0 Å². The van der Waals surface area contributed by atoms with Gasteiger partial charge < -0.3 is 15.7 Å². The van der Waals surface area contributed by atoms with Crippen LogP contribution in [0, 0.1) is 5.82 Å². The molecule has 0 fully saturated rings. The molecular weight excluding hydrogens is 223 g/mol. The second-order valence-electron chi connectivity index (χ2n) is 3.75. The number of benzene rings is 1. The second-order valence-corrected chi connectivity index (χ2v) is 3.75. The molecule has 0 aliphatic rings.